The molecule has 0 aromatic rings. The Morgan fingerprint density at radius 2 is 2.14 bits per heavy atom. The molecule has 154 valence electrons. The largest absolute Gasteiger partial charge is 0.475 e. The van der Waals surface area contributed by atoms with Crippen molar-refractivity contribution in [3.63, 3.8) is 0 Å². The third kappa shape index (κ3) is 2.11. The fourth-order valence-corrected chi connectivity index (χ4v) is 7.71. The average molecular weight is 397 g/mol. The van der Waals surface area contributed by atoms with E-state index in [9.17, 15) is 19.5 Å². The number of Topliss-reactive ketones (excluding diaryl/α,β-unsaturated/α-hetero) is 1. The monoisotopic (exact) mass is 397 g/mol. The molecule has 0 unspecified atom stereocenters. The number of aliphatic hydroxyl groups excluding tert-OH is 1. The first-order valence-corrected chi connectivity index (χ1v) is 10.5. The lowest BCUT2D eigenvalue weighted by Gasteiger charge is -2.59. The predicted molar refractivity (Wildman–Crippen MR) is 105 cm³/mol. The summed E-state index contributed by atoms with van der Waals surface area (Å²) in [6.45, 7) is 5.85. The molecule has 5 rings (SSSR count). The molecular weight excluding hydrogens is 370 g/mol. The topological polar surface area (TPSA) is 93.0 Å². The van der Waals surface area contributed by atoms with E-state index in [1.807, 2.05) is 13.0 Å². The van der Waals surface area contributed by atoms with Crippen LogP contribution in [0.5, 0.6) is 0 Å². The Hall–Kier alpha value is -2.08. The van der Waals surface area contributed by atoms with Gasteiger partial charge < -0.3 is 9.84 Å². The molecular formula is C23H27NO5. The Bertz CT molecular complexity index is 918. The molecule has 6 nitrogen and oxygen atoms in total. The van der Waals surface area contributed by atoms with E-state index in [2.05, 4.69) is 11.9 Å². The molecule has 0 saturated heterocycles. The van der Waals surface area contributed by atoms with E-state index in [1.54, 1.807) is 19.1 Å². The van der Waals surface area contributed by atoms with Crippen LogP contribution in [0.15, 0.2) is 28.8 Å². The van der Waals surface area contributed by atoms with E-state index in [-0.39, 0.29) is 29.0 Å². The number of hydrogen-bond acceptors (Lipinski definition) is 6. The van der Waals surface area contributed by atoms with Crippen LogP contribution in [-0.4, -0.2) is 46.6 Å². The van der Waals surface area contributed by atoms with Gasteiger partial charge in [-0.05, 0) is 49.7 Å². The third-order valence-corrected chi connectivity index (χ3v) is 8.82. The van der Waals surface area contributed by atoms with Crippen LogP contribution in [0, 0.1) is 28.6 Å². The van der Waals surface area contributed by atoms with Crippen molar-refractivity contribution in [1.29, 1.82) is 0 Å². The van der Waals surface area contributed by atoms with Gasteiger partial charge in [-0.1, -0.05) is 25.5 Å². The highest BCUT2D eigenvalue weighted by Gasteiger charge is 2.74. The van der Waals surface area contributed by atoms with Crippen LogP contribution in [0.4, 0.5) is 0 Å². The van der Waals surface area contributed by atoms with E-state index >= 15 is 0 Å². The summed E-state index contributed by atoms with van der Waals surface area (Å²) in [4.78, 5) is 41.1. The van der Waals surface area contributed by atoms with Crippen molar-refractivity contribution in [2.45, 2.75) is 64.2 Å². The maximum atomic E-state index is 12.9. The van der Waals surface area contributed by atoms with Gasteiger partial charge in [0.25, 0.3) is 0 Å². The second-order valence-corrected chi connectivity index (χ2v) is 9.93. The molecule has 0 spiro atoms. The van der Waals surface area contributed by atoms with Crippen molar-refractivity contribution < 1.29 is 24.2 Å². The van der Waals surface area contributed by atoms with Crippen molar-refractivity contribution in [2.24, 2.45) is 33.6 Å². The first-order chi connectivity index (χ1) is 13.7. The van der Waals surface area contributed by atoms with Crippen LogP contribution in [0.25, 0.3) is 0 Å². The molecule has 4 aliphatic carbocycles. The number of aldehydes is 1. The zero-order valence-electron chi connectivity index (χ0n) is 17.1. The van der Waals surface area contributed by atoms with E-state index in [4.69, 9.17) is 4.74 Å². The van der Waals surface area contributed by atoms with Gasteiger partial charge >= 0.3 is 0 Å². The summed E-state index contributed by atoms with van der Waals surface area (Å²) in [6.07, 6.45) is 7.28. The first kappa shape index (κ1) is 18.9. The Morgan fingerprint density at radius 1 is 1.38 bits per heavy atom. The van der Waals surface area contributed by atoms with Gasteiger partial charge in [0.2, 0.25) is 5.78 Å². The van der Waals surface area contributed by atoms with Crippen molar-refractivity contribution in [3.05, 3.63) is 23.8 Å². The van der Waals surface area contributed by atoms with Crippen LogP contribution in [0.1, 0.15) is 46.5 Å². The van der Waals surface area contributed by atoms with Gasteiger partial charge in [0.1, 0.15) is 6.10 Å². The Balaban J connectivity index is 1.61. The molecule has 1 N–H and O–H groups in total. The number of allylic oxidation sites excluding steroid dienone is 4. The number of ketones is 2. The summed E-state index contributed by atoms with van der Waals surface area (Å²) in [5.74, 6) is 0.167. The van der Waals surface area contributed by atoms with E-state index in [0.29, 0.717) is 25.0 Å². The fourth-order valence-electron chi connectivity index (χ4n) is 7.71. The van der Waals surface area contributed by atoms with E-state index < -0.39 is 28.9 Å². The lowest BCUT2D eigenvalue weighted by Crippen LogP contribution is -2.62. The molecule has 1 aliphatic heterocycles. The zero-order valence-corrected chi connectivity index (χ0v) is 17.1. The number of aliphatic imine (C=N–C) groups is 1. The molecule has 3 saturated carbocycles. The normalized spacial score (nSPS) is 49.8. The summed E-state index contributed by atoms with van der Waals surface area (Å²) >= 11 is 0. The van der Waals surface area contributed by atoms with Crippen molar-refractivity contribution in [3.8, 4) is 0 Å². The lowest BCUT2D eigenvalue weighted by molar-refractivity contribution is -0.147. The molecule has 3 fully saturated rings. The number of aliphatic hydroxyl groups is 1. The van der Waals surface area contributed by atoms with Crippen LogP contribution in [0.3, 0.4) is 0 Å². The van der Waals surface area contributed by atoms with Crippen molar-refractivity contribution in [1.82, 2.24) is 0 Å². The fraction of sp³-hybridized carbons (Fsp3) is 0.652. The summed E-state index contributed by atoms with van der Waals surface area (Å²) in [5, 5.41) is 11.4. The summed E-state index contributed by atoms with van der Waals surface area (Å²) in [5.41, 5.74) is -1.14. The van der Waals surface area contributed by atoms with Gasteiger partial charge in [-0.2, -0.15) is 0 Å². The lowest BCUT2D eigenvalue weighted by atomic mass is 9.46. The molecule has 0 radical (unpaired) electrons. The number of carbonyl (C=O) groups excluding carboxylic acids is 3. The minimum atomic E-state index is -1.23. The first-order valence-electron chi connectivity index (χ1n) is 10.5. The molecule has 0 aromatic heterocycles. The maximum Gasteiger partial charge on any atom is 0.227 e. The molecule has 29 heavy (non-hydrogen) atoms. The molecule has 0 aromatic carbocycles. The number of rotatable bonds is 2. The van der Waals surface area contributed by atoms with Crippen LogP contribution in [0.2, 0.25) is 0 Å². The van der Waals surface area contributed by atoms with Gasteiger partial charge in [0.05, 0.1) is 6.10 Å². The molecule has 8 atom stereocenters. The number of ether oxygens (including phenoxy) is 1. The van der Waals surface area contributed by atoms with Crippen molar-refractivity contribution in [2.75, 3.05) is 0 Å². The molecule has 5 aliphatic rings. The highest BCUT2D eigenvalue weighted by atomic mass is 16.5. The average Bonchev–Trinajstić information content (AvgIpc) is 3.12. The zero-order chi connectivity index (χ0) is 20.8. The van der Waals surface area contributed by atoms with Gasteiger partial charge in [0.15, 0.2) is 23.5 Å². The van der Waals surface area contributed by atoms with Crippen molar-refractivity contribution >= 4 is 23.8 Å². The number of carbonyl (C=O) groups is 3. The number of nitrogens with zero attached hydrogens (tertiary/aromatic N) is 1. The Morgan fingerprint density at radius 3 is 2.86 bits per heavy atom. The molecule has 0 bridgehead atoms. The second kappa shape index (κ2) is 5.75. The van der Waals surface area contributed by atoms with Gasteiger partial charge in [0, 0.05) is 23.7 Å². The quantitative estimate of drug-likeness (QED) is 0.570. The highest BCUT2D eigenvalue weighted by Crippen LogP contribution is 2.69. The van der Waals surface area contributed by atoms with Gasteiger partial charge in [-0.15, -0.1) is 0 Å². The smallest absolute Gasteiger partial charge is 0.227 e. The van der Waals surface area contributed by atoms with Crippen LogP contribution in [-0.2, 0) is 19.1 Å². The summed E-state index contributed by atoms with van der Waals surface area (Å²) in [6, 6.07) is 0. The number of hydrogen-bond donors (Lipinski definition) is 1. The molecule has 0 amide bonds. The molecule has 1 heterocycles. The van der Waals surface area contributed by atoms with Crippen LogP contribution >= 0.6 is 0 Å². The van der Waals surface area contributed by atoms with Gasteiger partial charge in [-0.25, -0.2) is 4.99 Å². The minimum absolute atomic E-state index is 0.00945. The third-order valence-electron chi connectivity index (χ3n) is 8.82. The summed E-state index contributed by atoms with van der Waals surface area (Å²) in [7, 11) is 0. The summed E-state index contributed by atoms with van der Waals surface area (Å²) < 4.78 is 5.95. The van der Waals surface area contributed by atoms with E-state index in [0.717, 1.165) is 18.4 Å². The molecule has 6 heteroatoms. The Labute approximate surface area is 170 Å². The highest BCUT2D eigenvalue weighted by molar-refractivity contribution is 6.30. The Kier molecular flexibility index (Phi) is 3.75. The van der Waals surface area contributed by atoms with Gasteiger partial charge in [-0.3, -0.25) is 14.4 Å². The maximum absolute atomic E-state index is 12.9. The van der Waals surface area contributed by atoms with Crippen LogP contribution < -0.4 is 0 Å². The number of fused-ring (bicyclic) bond motifs is 7. The van der Waals surface area contributed by atoms with E-state index in [1.165, 1.54) is 0 Å². The second-order valence-electron chi connectivity index (χ2n) is 9.93. The SMILES string of the molecule is CC1=N[C@]2(C(=O)C=O)[C@@H](C[C@H]3[C@@H]4CCC5=CC(=O)C=C[C@]5(C)[C@H]4[C@@H](O)C[C@@]32C)O1. The minimum Gasteiger partial charge on any atom is -0.475 e. The standard InChI is InChI=1S/C23H27NO5/c1-12-24-23(18(28)11-25)19(29-12)9-16-15-5-4-13-8-14(26)6-7-21(13,2)20(15)17(27)10-22(16,23)3/h6-8,11,15-17,19-20,27H,4-5,9-10H2,1-3H3/t15-,16-,17-,19+,20+,21-,22-,23+/m0/s1. The predicted octanol–water partition coefficient (Wildman–Crippen LogP) is 2.20.